The van der Waals surface area contributed by atoms with Gasteiger partial charge in [-0.2, -0.15) is 0 Å². The maximum Gasteiger partial charge on any atom is 0.410 e. The van der Waals surface area contributed by atoms with Gasteiger partial charge in [0.05, 0.1) is 6.10 Å². The number of amides is 1. The molecule has 0 aromatic heterocycles. The number of carbonyl (C=O) groups excluding carboxylic acids is 1. The first kappa shape index (κ1) is 10.4. The highest BCUT2D eigenvalue weighted by Gasteiger charge is 2.33. The van der Waals surface area contributed by atoms with E-state index in [4.69, 9.17) is 4.74 Å². The molecule has 0 atom stereocenters. The standard InChI is InChI=1S/C10H19NO2/c1-7(2)9-5-11(6-9)10(12)13-8(3)4/h7-9H,5-6H2,1-4H3. The van der Waals surface area contributed by atoms with Crippen LogP contribution in [-0.2, 0) is 4.74 Å². The number of carbonyl (C=O) groups is 1. The van der Waals surface area contributed by atoms with Crippen molar-refractivity contribution in [2.45, 2.75) is 33.8 Å². The monoisotopic (exact) mass is 185 g/mol. The van der Waals surface area contributed by atoms with Crippen LogP contribution >= 0.6 is 0 Å². The van der Waals surface area contributed by atoms with Gasteiger partial charge in [0.25, 0.3) is 0 Å². The summed E-state index contributed by atoms with van der Waals surface area (Å²) in [7, 11) is 0. The molecule has 0 radical (unpaired) electrons. The largest absolute Gasteiger partial charge is 0.447 e. The Kier molecular flexibility index (Phi) is 3.17. The van der Waals surface area contributed by atoms with Gasteiger partial charge in [-0.15, -0.1) is 0 Å². The average Bonchev–Trinajstić information content (AvgIpc) is 1.79. The molecule has 1 aliphatic heterocycles. The second kappa shape index (κ2) is 3.99. The molecule has 0 N–H and O–H groups in total. The van der Waals surface area contributed by atoms with Crippen molar-refractivity contribution in [3.63, 3.8) is 0 Å². The molecule has 1 aliphatic rings. The predicted octanol–water partition coefficient (Wildman–Crippen LogP) is 2.12. The third-order valence-corrected chi connectivity index (χ3v) is 2.45. The van der Waals surface area contributed by atoms with Crippen molar-refractivity contribution in [2.75, 3.05) is 13.1 Å². The van der Waals surface area contributed by atoms with Gasteiger partial charge in [-0.05, 0) is 25.7 Å². The van der Waals surface area contributed by atoms with Crippen LogP contribution in [-0.4, -0.2) is 30.2 Å². The lowest BCUT2D eigenvalue weighted by Gasteiger charge is -2.40. The fourth-order valence-corrected chi connectivity index (χ4v) is 1.36. The zero-order valence-electron chi connectivity index (χ0n) is 8.91. The Hall–Kier alpha value is -0.730. The molecule has 0 aliphatic carbocycles. The molecule has 3 heteroatoms. The molecule has 3 nitrogen and oxygen atoms in total. The van der Waals surface area contributed by atoms with E-state index in [1.807, 2.05) is 13.8 Å². The fraction of sp³-hybridized carbons (Fsp3) is 0.900. The topological polar surface area (TPSA) is 29.5 Å². The van der Waals surface area contributed by atoms with Gasteiger partial charge in [0.1, 0.15) is 0 Å². The minimum Gasteiger partial charge on any atom is -0.447 e. The van der Waals surface area contributed by atoms with Crippen molar-refractivity contribution in [2.24, 2.45) is 11.8 Å². The van der Waals surface area contributed by atoms with Crippen LogP contribution in [0.15, 0.2) is 0 Å². The van der Waals surface area contributed by atoms with E-state index in [9.17, 15) is 4.79 Å². The van der Waals surface area contributed by atoms with Crippen LogP contribution in [0.1, 0.15) is 27.7 Å². The number of ether oxygens (including phenoxy) is 1. The van der Waals surface area contributed by atoms with Crippen molar-refractivity contribution < 1.29 is 9.53 Å². The predicted molar refractivity (Wildman–Crippen MR) is 51.5 cm³/mol. The number of rotatable bonds is 2. The molecular formula is C10H19NO2. The Morgan fingerprint density at radius 1 is 1.31 bits per heavy atom. The summed E-state index contributed by atoms with van der Waals surface area (Å²) in [5.74, 6) is 1.34. The number of likely N-dealkylation sites (tertiary alicyclic amines) is 1. The molecule has 1 saturated heterocycles. The summed E-state index contributed by atoms with van der Waals surface area (Å²) in [4.78, 5) is 13.1. The Bertz CT molecular complexity index is 183. The summed E-state index contributed by atoms with van der Waals surface area (Å²) in [6, 6.07) is 0. The zero-order valence-corrected chi connectivity index (χ0v) is 8.91. The summed E-state index contributed by atoms with van der Waals surface area (Å²) in [5, 5.41) is 0. The van der Waals surface area contributed by atoms with Crippen LogP contribution in [0.2, 0.25) is 0 Å². The number of hydrogen-bond donors (Lipinski definition) is 0. The third kappa shape index (κ3) is 2.61. The highest BCUT2D eigenvalue weighted by molar-refractivity contribution is 5.68. The second-order valence-corrected chi connectivity index (χ2v) is 4.34. The smallest absolute Gasteiger partial charge is 0.410 e. The quantitative estimate of drug-likeness (QED) is 0.659. The van der Waals surface area contributed by atoms with Gasteiger partial charge in [-0.25, -0.2) is 4.79 Å². The maximum atomic E-state index is 11.3. The first-order valence-electron chi connectivity index (χ1n) is 4.96. The Balaban J connectivity index is 2.23. The molecule has 1 rings (SSSR count). The number of nitrogens with zero attached hydrogens (tertiary/aromatic N) is 1. The lowest BCUT2D eigenvalue weighted by molar-refractivity contribution is 0.0251. The van der Waals surface area contributed by atoms with E-state index in [0.29, 0.717) is 11.8 Å². The molecular weight excluding hydrogens is 166 g/mol. The average molecular weight is 185 g/mol. The van der Waals surface area contributed by atoms with Gasteiger partial charge in [0, 0.05) is 13.1 Å². The van der Waals surface area contributed by atoms with Crippen LogP contribution in [0.4, 0.5) is 4.79 Å². The minimum atomic E-state index is -0.160. The molecule has 0 spiro atoms. The van der Waals surface area contributed by atoms with Gasteiger partial charge in [0.15, 0.2) is 0 Å². The normalized spacial score (nSPS) is 17.8. The maximum absolute atomic E-state index is 11.3. The van der Waals surface area contributed by atoms with E-state index in [0.717, 1.165) is 13.1 Å². The fourth-order valence-electron chi connectivity index (χ4n) is 1.36. The van der Waals surface area contributed by atoms with Crippen LogP contribution in [0.3, 0.4) is 0 Å². The van der Waals surface area contributed by atoms with Crippen molar-refractivity contribution in [1.29, 1.82) is 0 Å². The van der Waals surface area contributed by atoms with Crippen molar-refractivity contribution in [1.82, 2.24) is 4.90 Å². The molecule has 13 heavy (non-hydrogen) atoms. The Labute approximate surface area is 80.1 Å². The molecule has 0 aromatic carbocycles. The summed E-state index contributed by atoms with van der Waals surface area (Å²) in [6.45, 7) is 9.85. The van der Waals surface area contributed by atoms with E-state index in [1.165, 1.54) is 0 Å². The molecule has 76 valence electrons. The van der Waals surface area contributed by atoms with E-state index >= 15 is 0 Å². The SMILES string of the molecule is CC(C)OC(=O)N1CC(C(C)C)C1. The van der Waals surface area contributed by atoms with Crippen LogP contribution < -0.4 is 0 Å². The van der Waals surface area contributed by atoms with Crippen LogP contribution in [0.5, 0.6) is 0 Å². The molecule has 0 saturated carbocycles. The summed E-state index contributed by atoms with van der Waals surface area (Å²) < 4.78 is 5.07. The number of hydrogen-bond acceptors (Lipinski definition) is 2. The second-order valence-electron chi connectivity index (χ2n) is 4.34. The van der Waals surface area contributed by atoms with Crippen molar-refractivity contribution in [3.8, 4) is 0 Å². The highest BCUT2D eigenvalue weighted by Crippen LogP contribution is 2.23. The lowest BCUT2D eigenvalue weighted by Crippen LogP contribution is -2.52. The third-order valence-electron chi connectivity index (χ3n) is 2.45. The first-order valence-corrected chi connectivity index (χ1v) is 4.96. The van der Waals surface area contributed by atoms with Crippen LogP contribution in [0, 0.1) is 11.8 Å². The molecule has 1 heterocycles. The van der Waals surface area contributed by atoms with E-state index in [1.54, 1.807) is 4.90 Å². The Morgan fingerprint density at radius 3 is 2.23 bits per heavy atom. The van der Waals surface area contributed by atoms with E-state index < -0.39 is 0 Å². The summed E-state index contributed by atoms with van der Waals surface area (Å²) >= 11 is 0. The minimum absolute atomic E-state index is 0.00870. The molecule has 0 bridgehead atoms. The lowest BCUT2D eigenvalue weighted by atomic mass is 9.89. The van der Waals surface area contributed by atoms with Crippen molar-refractivity contribution >= 4 is 6.09 Å². The van der Waals surface area contributed by atoms with Gasteiger partial charge >= 0.3 is 6.09 Å². The van der Waals surface area contributed by atoms with Gasteiger partial charge in [0.2, 0.25) is 0 Å². The molecule has 0 aromatic rings. The van der Waals surface area contributed by atoms with Gasteiger partial charge in [-0.1, -0.05) is 13.8 Å². The highest BCUT2D eigenvalue weighted by atomic mass is 16.6. The van der Waals surface area contributed by atoms with E-state index in [-0.39, 0.29) is 12.2 Å². The molecule has 1 amide bonds. The van der Waals surface area contributed by atoms with Crippen molar-refractivity contribution in [3.05, 3.63) is 0 Å². The van der Waals surface area contributed by atoms with Crippen LogP contribution in [0.25, 0.3) is 0 Å². The van der Waals surface area contributed by atoms with Gasteiger partial charge < -0.3 is 9.64 Å². The summed E-state index contributed by atoms with van der Waals surface area (Å²) in [5.41, 5.74) is 0. The van der Waals surface area contributed by atoms with E-state index in [2.05, 4.69) is 13.8 Å². The first-order chi connectivity index (χ1) is 6.00. The molecule has 1 fully saturated rings. The summed E-state index contributed by atoms with van der Waals surface area (Å²) in [6.07, 6.45) is -0.169. The molecule has 0 unspecified atom stereocenters. The Morgan fingerprint density at radius 2 is 1.85 bits per heavy atom. The van der Waals surface area contributed by atoms with Gasteiger partial charge in [-0.3, -0.25) is 0 Å². The zero-order chi connectivity index (χ0) is 10.0.